The van der Waals surface area contributed by atoms with Crippen molar-refractivity contribution in [2.24, 2.45) is 10.9 Å². The third-order valence-corrected chi connectivity index (χ3v) is 5.46. The summed E-state index contributed by atoms with van der Waals surface area (Å²) in [5.74, 6) is 1.39. The van der Waals surface area contributed by atoms with Crippen LogP contribution in [0, 0.1) is 5.92 Å². The highest BCUT2D eigenvalue weighted by atomic mass is 16.6. The molecule has 0 atom stereocenters. The Morgan fingerprint density at radius 1 is 1.10 bits per heavy atom. The van der Waals surface area contributed by atoms with Gasteiger partial charge in [-0.1, -0.05) is 13.8 Å². The molecule has 0 bridgehead atoms. The Balaban J connectivity index is 2.46. The van der Waals surface area contributed by atoms with Crippen LogP contribution in [0.3, 0.4) is 0 Å². The molecular weight excluding hydrogens is 396 g/mol. The predicted octanol–water partition coefficient (Wildman–Crippen LogP) is 3.46. The Kier molecular flexibility index (Phi) is 12.9. The average Bonchev–Trinajstić information content (AvgIpc) is 2.72. The van der Waals surface area contributed by atoms with E-state index in [1.165, 1.54) is 0 Å². The molecule has 3 N–H and O–H groups in total. The molecule has 0 unspecified atom stereocenters. The SMILES string of the molecule is CCNC(=NCC(CC)(CC)NC(=O)OC(C)(C)C)NCCCOCC1CCOCC1. The third kappa shape index (κ3) is 12.2. The van der Waals surface area contributed by atoms with E-state index in [1.54, 1.807) is 0 Å². The number of alkyl carbamates (subject to hydrolysis) is 1. The number of rotatable bonds is 12. The van der Waals surface area contributed by atoms with Crippen LogP contribution >= 0.6 is 0 Å². The molecule has 1 aliphatic heterocycles. The summed E-state index contributed by atoms with van der Waals surface area (Å²) in [5.41, 5.74) is -0.957. The van der Waals surface area contributed by atoms with Gasteiger partial charge in [-0.25, -0.2) is 4.79 Å². The molecule has 8 heteroatoms. The maximum absolute atomic E-state index is 12.3. The molecule has 1 aliphatic rings. The molecule has 1 amide bonds. The summed E-state index contributed by atoms with van der Waals surface area (Å²) >= 11 is 0. The van der Waals surface area contributed by atoms with Crippen molar-refractivity contribution in [2.75, 3.05) is 46.1 Å². The molecule has 1 saturated heterocycles. The number of nitrogens with zero attached hydrogens (tertiary/aromatic N) is 1. The van der Waals surface area contributed by atoms with E-state index in [4.69, 9.17) is 19.2 Å². The van der Waals surface area contributed by atoms with Gasteiger partial charge in [0, 0.05) is 39.5 Å². The number of amides is 1. The van der Waals surface area contributed by atoms with Crippen LogP contribution < -0.4 is 16.0 Å². The molecule has 0 aliphatic carbocycles. The summed E-state index contributed by atoms with van der Waals surface area (Å²) in [6.07, 6.45) is 4.26. The minimum absolute atomic E-state index is 0.397. The zero-order chi connectivity index (χ0) is 23.2. The van der Waals surface area contributed by atoms with Gasteiger partial charge in [-0.2, -0.15) is 0 Å². The van der Waals surface area contributed by atoms with Crippen molar-refractivity contribution in [3.63, 3.8) is 0 Å². The van der Waals surface area contributed by atoms with Gasteiger partial charge in [-0.3, -0.25) is 4.99 Å². The zero-order valence-corrected chi connectivity index (χ0v) is 20.6. The number of ether oxygens (including phenoxy) is 3. The smallest absolute Gasteiger partial charge is 0.408 e. The second-order valence-electron chi connectivity index (χ2n) is 9.22. The number of carbonyl (C=O) groups is 1. The van der Waals surface area contributed by atoms with Gasteiger partial charge in [0.1, 0.15) is 5.60 Å². The van der Waals surface area contributed by atoms with E-state index in [0.29, 0.717) is 12.5 Å². The Morgan fingerprint density at radius 2 is 1.77 bits per heavy atom. The molecule has 1 rings (SSSR count). The Hall–Kier alpha value is -1.54. The molecule has 1 heterocycles. The standard InChI is InChI=1S/C23H46N4O4/c1-7-23(8-2,27-21(28)31-22(4,5)6)18-26-20(24-9-3)25-13-10-14-30-17-19-11-15-29-16-12-19/h19H,7-18H2,1-6H3,(H,27,28)(H2,24,25,26). The molecule has 1 fully saturated rings. The second-order valence-corrected chi connectivity index (χ2v) is 9.22. The lowest BCUT2D eigenvalue weighted by atomic mass is 9.93. The van der Waals surface area contributed by atoms with Crippen molar-refractivity contribution in [1.82, 2.24) is 16.0 Å². The van der Waals surface area contributed by atoms with E-state index in [2.05, 4.69) is 29.8 Å². The summed E-state index contributed by atoms with van der Waals surface area (Å²) in [7, 11) is 0. The summed E-state index contributed by atoms with van der Waals surface area (Å²) in [6, 6.07) is 0. The van der Waals surface area contributed by atoms with Crippen molar-refractivity contribution < 1.29 is 19.0 Å². The molecule has 0 spiro atoms. The van der Waals surface area contributed by atoms with Crippen molar-refractivity contribution in [3.05, 3.63) is 0 Å². The number of aliphatic imine (C=N–C) groups is 1. The van der Waals surface area contributed by atoms with Crippen LogP contribution in [0.1, 0.15) is 73.6 Å². The van der Waals surface area contributed by atoms with Gasteiger partial charge in [0.05, 0.1) is 12.1 Å². The lowest BCUT2D eigenvalue weighted by Gasteiger charge is -2.32. The minimum atomic E-state index is -0.524. The maximum Gasteiger partial charge on any atom is 0.408 e. The molecule has 8 nitrogen and oxygen atoms in total. The molecule has 0 aromatic rings. The summed E-state index contributed by atoms with van der Waals surface area (Å²) in [5, 5.41) is 9.69. The van der Waals surface area contributed by atoms with E-state index < -0.39 is 17.2 Å². The Morgan fingerprint density at radius 3 is 2.35 bits per heavy atom. The number of hydrogen-bond acceptors (Lipinski definition) is 5. The predicted molar refractivity (Wildman–Crippen MR) is 126 cm³/mol. The first kappa shape index (κ1) is 27.5. The average molecular weight is 443 g/mol. The first-order valence-electron chi connectivity index (χ1n) is 11.9. The van der Waals surface area contributed by atoms with Crippen molar-refractivity contribution in [2.45, 2.75) is 84.8 Å². The van der Waals surface area contributed by atoms with Gasteiger partial charge in [0.25, 0.3) is 0 Å². The van der Waals surface area contributed by atoms with Gasteiger partial charge < -0.3 is 30.2 Å². The Bertz CT molecular complexity index is 524. The first-order valence-corrected chi connectivity index (χ1v) is 11.9. The lowest BCUT2D eigenvalue weighted by Crippen LogP contribution is -2.52. The monoisotopic (exact) mass is 442 g/mol. The van der Waals surface area contributed by atoms with Crippen LogP contribution in [0.4, 0.5) is 4.79 Å². The van der Waals surface area contributed by atoms with Crippen molar-refractivity contribution in [3.8, 4) is 0 Å². The van der Waals surface area contributed by atoms with Gasteiger partial charge in [0.15, 0.2) is 5.96 Å². The largest absolute Gasteiger partial charge is 0.444 e. The van der Waals surface area contributed by atoms with Gasteiger partial charge >= 0.3 is 6.09 Å². The Labute approximate surface area is 189 Å². The van der Waals surface area contributed by atoms with E-state index >= 15 is 0 Å². The summed E-state index contributed by atoms with van der Waals surface area (Å²) in [4.78, 5) is 17.1. The first-order chi connectivity index (χ1) is 14.7. The number of guanidine groups is 1. The van der Waals surface area contributed by atoms with Gasteiger partial charge in [-0.15, -0.1) is 0 Å². The summed E-state index contributed by atoms with van der Waals surface area (Å²) in [6.45, 7) is 17.1. The van der Waals surface area contributed by atoms with Crippen LogP contribution in [0.25, 0.3) is 0 Å². The quantitative estimate of drug-likeness (QED) is 0.243. The third-order valence-electron chi connectivity index (χ3n) is 5.46. The van der Waals surface area contributed by atoms with Crippen LogP contribution in [-0.2, 0) is 14.2 Å². The number of carbonyl (C=O) groups excluding carboxylic acids is 1. The topological polar surface area (TPSA) is 93.2 Å². The van der Waals surface area contributed by atoms with E-state index in [1.807, 2.05) is 27.7 Å². The zero-order valence-electron chi connectivity index (χ0n) is 20.6. The highest BCUT2D eigenvalue weighted by molar-refractivity contribution is 5.79. The van der Waals surface area contributed by atoms with Gasteiger partial charge in [-0.05, 0) is 65.7 Å². The molecule has 0 aromatic heterocycles. The fraction of sp³-hybridized carbons (Fsp3) is 0.913. The highest BCUT2D eigenvalue weighted by Gasteiger charge is 2.30. The fourth-order valence-electron chi connectivity index (χ4n) is 3.33. The molecule has 31 heavy (non-hydrogen) atoms. The van der Waals surface area contributed by atoms with Crippen molar-refractivity contribution >= 4 is 12.1 Å². The van der Waals surface area contributed by atoms with E-state index in [0.717, 1.165) is 77.6 Å². The van der Waals surface area contributed by atoms with Crippen molar-refractivity contribution in [1.29, 1.82) is 0 Å². The minimum Gasteiger partial charge on any atom is -0.444 e. The summed E-state index contributed by atoms with van der Waals surface area (Å²) < 4.78 is 16.7. The molecule has 0 aromatic carbocycles. The molecule has 0 radical (unpaired) electrons. The van der Waals surface area contributed by atoms with Gasteiger partial charge in [0.2, 0.25) is 0 Å². The normalized spacial score (nSPS) is 16.1. The number of nitrogens with one attached hydrogen (secondary N) is 3. The second kappa shape index (κ2) is 14.5. The van der Waals surface area contributed by atoms with E-state index in [9.17, 15) is 4.79 Å². The molecule has 182 valence electrons. The molecule has 0 saturated carbocycles. The van der Waals surface area contributed by atoms with E-state index in [-0.39, 0.29) is 0 Å². The fourth-order valence-corrected chi connectivity index (χ4v) is 3.33. The number of hydrogen-bond donors (Lipinski definition) is 3. The highest BCUT2D eigenvalue weighted by Crippen LogP contribution is 2.18. The molecular formula is C23H46N4O4. The van der Waals surface area contributed by atoms with Crippen LogP contribution in [0.2, 0.25) is 0 Å². The lowest BCUT2D eigenvalue weighted by molar-refractivity contribution is 0.0203. The maximum atomic E-state index is 12.3. The van der Waals surface area contributed by atoms with Crippen LogP contribution in [0.5, 0.6) is 0 Å². The van der Waals surface area contributed by atoms with Crippen LogP contribution in [-0.4, -0.2) is 69.3 Å². The van der Waals surface area contributed by atoms with Crippen LogP contribution in [0.15, 0.2) is 4.99 Å².